The maximum atomic E-state index is 5.60. The van der Waals surface area contributed by atoms with Crippen molar-refractivity contribution >= 4 is 5.90 Å². The van der Waals surface area contributed by atoms with Crippen molar-refractivity contribution in [2.45, 2.75) is 32.3 Å². The van der Waals surface area contributed by atoms with Crippen LogP contribution in [-0.2, 0) is 14.2 Å². The van der Waals surface area contributed by atoms with E-state index in [1.807, 2.05) is 0 Å². The van der Waals surface area contributed by atoms with Gasteiger partial charge in [-0.3, -0.25) is 4.99 Å². The van der Waals surface area contributed by atoms with Crippen molar-refractivity contribution in [1.29, 1.82) is 0 Å². The maximum absolute atomic E-state index is 5.60. The maximum Gasteiger partial charge on any atom is 0.185 e. The number of rotatable bonds is 5. The van der Waals surface area contributed by atoms with Crippen molar-refractivity contribution in [1.82, 2.24) is 0 Å². The minimum absolute atomic E-state index is 0.0921. The first-order valence-corrected chi connectivity index (χ1v) is 5.63. The smallest absolute Gasteiger partial charge is 0.185 e. The van der Waals surface area contributed by atoms with E-state index in [1.54, 1.807) is 7.11 Å². The standard InChI is InChI=1S/C11H21NO3/c1-3-4-6-14-9-10-8-12-11(13-2)5-7-15-10/h10H,3-9H2,1-2H3/t10-/m0/s1. The van der Waals surface area contributed by atoms with E-state index in [4.69, 9.17) is 14.2 Å². The number of nitrogens with zero attached hydrogens (tertiary/aromatic N) is 1. The van der Waals surface area contributed by atoms with Gasteiger partial charge in [0, 0.05) is 13.0 Å². The Morgan fingerprint density at radius 2 is 2.40 bits per heavy atom. The van der Waals surface area contributed by atoms with E-state index < -0.39 is 0 Å². The number of unbranched alkanes of at least 4 members (excludes halogenated alkanes) is 1. The van der Waals surface area contributed by atoms with Crippen molar-refractivity contribution in [3.05, 3.63) is 0 Å². The Labute approximate surface area is 91.6 Å². The lowest BCUT2D eigenvalue weighted by molar-refractivity contribution is -0.00708. The molecule has 1 atom stereocenters. The fraction of sp³-hybridized carbons (Fsp3) is 0.909. The van der Waals surface area contributed by atoms with Crippen LogP contribution < -0.4 is 0 Å². The van der Waals surface area contributed by atoms with Crippen LogP contribution in [0.3, 0.4) is 0 Å². The topological polar surface area (TPSA) is 40.0 Å². The van der Waals surface area contributed by atoms with Gasteiger partial charge in [0.05, 0.1) is 26.9 Å². The first-order chi connectivity index (χ1) is 7.36. The summed E-state index contributed by atoms with van der Waals surface area (Å²) in [5, 5.41) is 0. The molecule has 1 aliphatic heterocycles. The number of aliphatic imine (C=N–C) groups is 1. The molecule has 1 heterocycles. The van der Waals surface area contributed by atoms with E-state index in [1.165, 1.54) is 0 Å². The van der Waals surface area contributed by atoms with Crippen LogP contribution in [0.25, 0.3) is 0 Å². The van der Waals surface area contributed by atoms with Gasteiger partial charge in [-0.15, -0.1) is 0 Å². The molecule has 0 aromatic heterocycles. The van der Waals surface area contributed by atoms with Crippen LogP contribution in [0.5, 0.6) is 0 Å². The highest BCUT2D eigenvalue weighted by atomic mass is 16.5. The third-order valence-corrected chi connectivity index (χ3v) is 2.32. The Balaban J connectivity index is 2.16. The van der Waals surface area contributed by atoms with Crippen LogP contribution in [0.15, 0.2) is 4.99 Å². The van der Waals surface area contributed by atoms with Crippen LogP contribution in [0.2, 0.25) is 0 Å². The van der Waals surface area contributed by atoms with E-state index in [2.05, 4.69) is 11.9 Å². The highest BCUT2D eigenvalue weighted by molar-refractivity contribution is 5.76. The zero-order valence-corrected chi connectivity index (χ0v) is 9.70. The number of ether oxygens (including phenoxy) is 3. The quantitative estimate of drug-likeness (QED) is 0.654. The summed E-state index contributed by atoms with van der Waals surface area (Å²) >= 11 is 0. The minimum atomic E-state index is 0.0921. The average Bonchev–Trinajstić information content (AvgIpc) is 2.49. The Hall–Kier alpha value is -0.610. The molecule has 0 radical (unpaired) electrons. The van der Waals surface area contributed by atoms with Gasteiger partial charge in [-0.2, -0.15) is 0 Å². The summed E-state index contributed by atoms with van der Waals surface area (Å²) in [5.74, 6) is 0.783. The molecule has 0 bridgehead atoms. The molecule has 0 saturated carbocycles. The molecule has 0 aliphatic carbocycles. The number of methoxy groups -OCH3 is 1. The second-order valence-electron chi connectivity index (χ2n) is 3.61. The van der Waals surface area contributed by atoms with Crippen molar-refractivity contribution in [3.63, 3.8) is 0 Å². The van der Waals surface area contributed by atoms with Gasteiger partial charge in [-0.25, -0.2) is 0 Å². The van der Waals surface area contributed by atoms with Crippen LogP contribution in [-0.4, -0.2) is 45.5 Å². The van der Waals surface area contributed by atoms with E-state index in [0.29, 0.717) is 19.8 Å². The Morgan fingerprint density at radius 3 is 3.13 bits per heavy atom. The first kappa shape index (κ1) is 12.5. The fourth-order valence-corrected chi connectivity index (χ4v) is 1.38. The lowest BCUT2D eigenvalue weighted by atomic mass is 10.3. The SMILES string of the molecule is CCCCOC[C@@H]1CN=C(OC)CCO1. The average molecular weight is 215 g/mol. The molecule has 4 heteroatoms. The lowest BCUT2D eigenvalue weighted by Crippen LogP contribution is -2.22. The molecule has 4 nitrogen and oxygen atoms in total. The van der Waals surface area contributed by atoms with E-state index in [-0.39, 0.29) is 6.10 Å². The number of hydrogen-bond donors (Lipinski definition) is 0. The molecule has 15 heavy (non-hydrogen) atoms. The van der Waals surface area contributed by atoms with Gasteiger partial charge in [0.25, 0.3) is 0 Å². The number of hydrogen-bond acceptors (Lipinski definition) is 4. The van der Waals surface area contributed by atoms with Gasteiger partial charge in [-0.05, 0) is 6.42 Å². The summed E-state index contributed by atoms with van der Waals surface area (Å²) in [6.45, 7) is 4.93. The third kappa shape index (κ3) is 5.14. The molecular formula is C11H21NO3. The molecule has 0 aromatic rings. The fourth-order valence-electron chi connectivity index (χ4n) is 1.38. The van der Waals surface area contributed by atoms with Gasteiger partial charge in [-0.1, -0.05) is 13.3 Å². The highest BCUT2D eigenvalue weighted by Crippen LogP contribution is 2.04. The predicted molar refractivity (Wildman–Crippen MR) is 59.4 cm³/mol. The highest BCUT2D eigenvalue weighted by Gasteiger charge is 2.14. The van der Waals surface area contributed by atoms with E-state index >= 15 is 0 Å². The zero-order chi connectivity index (χ0) is 10.9. The lowest BCUT2D eigenvalue weighted by Gasteiger charge is -2.13. The second kappa shape index (κ2) is 7.65. The summed E-state index contributed by atoms with van der Waals surface area (Å²) in [7, 11) is 1.65. The van der Waals surface area contributed by atoms with Crippen molar-refractivity contribution < 1.29 is 14.2 Å². The Bertz CT molecular complexity index is 194. The molecule has 0 saturated heterocycles. The normalized spacial score (nSPS) is 22.0. The van der Waals surface area contributed by atoms with Crippen molar-refractivity contribution in [2.75, 3.05) is 33.5 Å². The summed E-state index contributed by atoms with van der Waals surface area (Å²) in [6, 6.07) is 0. The van der Waals surface area contributed by atoms with E-state index in [9.17, 15) is 0 Å². The molecule has 0 unspecified atom stereocenters. The molecule has 0 N–H and O–H groups in total. The third-order valence-electron chi connectivity index (χ3n) is 2.32. The summed E-state index contributed by atoms with van der Waals surface area (Å²) < 4.78 is 16.2. The van der Waals surface area contributed by atoms with Gasteiger partial charge in [0.15, 0.2) is 5.90 Å². The van der Waals surface area contributed by atoms with Crippen molar-refractivity contribution in [3.8, 4) is 0 Å². The van der Waals surface area contributed by atoms with Crippen LogP contribution in [0.1, 0.15) is 26.2 Å². The minimum Gasteiger partial charge on any atom is -0.484 e. The molecule has 1 rings (SSSR count). The summed E-state index contributed by atoms with van der Waals surface area (Å²) in [5.41, 5.74) is 0. The molecule has 0 spiro atoms. The molecule has 0 fully saturated rings. The molecule has 88 valence electrons. The molecule has 0 aromatic carbocycles. The largest absolute Gasteiger partial charge is 0.484 e. The second-order valence-corrected chi connectivity index (χ2v) is 3.61. The van der Waals surface area contributed by atoms with E-state index in [0.717, 1.165) is 31.8 Å². The van der Waals surface area contributed by atoms with Crippen LogP contribution in [0.4, 0.5) is 0 Å². The monoisotopic (exact) mass is 215 g/mol. The van der Waals surface area contributed by atoms with Gasteiger partial charge >= 0.3 is 0 Å². The Morgan fingerprint density at radius 1 is 1.53 bits per heavy atom. The molecule has 0 amide bonds. The predicted octanol–water partition coefficient (Wildman–Crippen LogP) is 1.64. The molecule has 1 aliphatic rings. The van der Waals surface area contributed by atoms with Crippen LogP contribution >= 0.6 is 0 Å². The van der Waals surface area contributed by atoms with Gasteiger partial charge in [0.1, 0.15) is 6.10 Å². The van der Waals surface area contributed by atoms with Gasteiger partial charge < -0.3 is 14.2 Å². The Kier molecular flexibility index (Phi) is 6.36. The summed E-state index contributed by atoms with van der Waals surface area (Å²) in [4.78, 5) is 4.31. The zero-order valence-electron chi connectivity index (χ0n) is 9.70. The molecular weight excluding hydrogens is 194 g/mol. The first-order valence-electron chi connectivity index (χ1n) is 5.63. The van der Waals surface area contributed by atoms with Crippen molar-refractivity contribution in [2.24, 2.45) is 4.99 Å². The van der Waals surface area contributed by atoms with Gasteiger partial charge in [0.2, 0.25) is 0 Å². The van der Waals surface area contributed by atoms with Crippen LogP contribution in [0, 0.1) is 0 Å². The summed E-state index contributed by atoms with van der Waals surface area (Å²) in [6.07, 6.45) is 3.13.